The van der Waals surface area contributed by atoms with Gasteiger partial charge in [-0.2, -0.15) is 0 Å². The van der Waals surface area contributed by atoms with Crippen LogP contribution in [0.2, 0.25) is 0 Å². The summed E-state index contributed by atoms with van der Waals surface area (Å²) in [5.41, 5.74) is 2.27. The van der Waals surface area contributed by atoms with Crippen molar-refractivity contribution < 1.29 is 23.9 Å². The molecule has 0 aliphatic carbocycles. The third-order valence-corrected chi connectivity index (χ3v) is 5.28. The van der Waals surface area contributed by atoms with Gasteiger partial charge in [-0.3, -0.25) is 9.59 Å². The van der Waals surface area contributed by atoms with Gasteiger partial charge in [0.2, 0.25) is 5.91 Å². The number of imide groups is 1. The third kappa shape index (κ3) is 5.47. The molecule has 0 aromatic heterocycles. The van der Waals surface area contributed by atoms with E-state index in [1.54, 1.807) is 30.3 Å². The van der Waals surface area contributed by atoms with Gasteiger partial charge in [0.1, 0.15) is 18.8 Å². The molecular formula is C23H22IN3O5. The molecule has 0 bridgehead atoms. The second kappa shape index (κ2) is 10.3. The van der Waals surface area contributed by atoms with Crippen LogP contribution in [0.25, 0.3) is 6.08 Å². The fourth-order valence-corrected chi connectivity index (χ4v) is 3.84. The van der Waals surface area contributed by atoms with Crippen LogP contribution in [-0.2, 0) is 9.59 Å². The topological polar surface area (TPSA) is 97.0 Å². The fourth-order valence-electron chi connectivity index (χ4n) is 3.05. The number of hydrogen-bond donors (Lipinski definition) is 2. The van der Waals surface area contributed by atoms with E-state index in [-0.39, 0.29) is 5.70 Å². The number of nitrogens with zero attached hydrogens (tertiary/aromatic N) is 1. The lowest BCUT2D eigenvalue weighted by Gasteiger charge is -2.13. The molecule has 0 atom stereocenters. The van der Waals surface area contributed by atoms with E-state index in [2.05, 4.69) is 39.8 Å². The molecule has 1 aliphatic rings. The van der Waals surface area contributed by atoms with Crippen molar-refractivity contribution in [3.05, 3.63) is 69.4 Å². The molecule has 32 heavy (non-hydrogen) atoms. The molecule has 166 valence electrons. The smallest absolute Gasteiger partial charge is 0.329 e. The maximum absolute atomic E-state index is 12.7. The van der Waals surface area contributed by atoms with E-state index in [4.69, 9.17) is 9.47 Å². The average Bonchev–Trinajstić information content (AvgIpc) is 3.00. The lowest BCUT2D eigenvalue weighted by Crippen LogP contribution is -2.38. The van der Waals surface area contributed by atoms with Gasteiger partial charge >= 0.3 is 6.03 Å². The second-order valence-corrected chi connectivity index (χ2v) is 8.09. The number of methoxy groups -OCH3 is 1. The summed E-state index contributed by atoms with van der Waals surface area (Å²) in [6, 6.07) is 10.1. The summed E-state index contributed by atoms with van der Waals surface area (Å²) in [6.07, 6.45) is 3.16. The average molecular weight is 547 g/mol. The number of benzene rings is 2. The summed E-state index contributed by atoms with van der Waals surface area (Å²) in [7, 11) is 1.51. The van der Waals surface area contributed by atoms with E-state index in [1.165, 1.54) is 13.2 Å². The van der Waals surface area contributed by atoms with Gasteiger partial charge in [-0.05, 0) is 71.0 Å². The Hall–Kier alpha value is -3.34. The minimum atomic E-state index is -0.659. The maximum Gasteiger partial charge on any atom is 0.329 e. The SMILES string of the molecule is C=CCOc1c(I)cc(/C=C2\NC(=O)N(CC(=O)Nc3cccc(C)c3)C2=O)cc1OC. The predicted molar refractivity (Wildman–Crippen MR) is 129 cm³/mol. The minimum Gasteiger partial charge on any atom is -0.493 e. The van der Waals surface area contributed by atoms with Crippen molar-refractivity contribution in [2.24, 2.45) is 0 Å². The number of halogens is 1. The summed E-state index contributed by atoms with van der Waals surface area (Å²) in [4.78, 5) is 38.2. The lowest BCUT2D eigenvalue weighted by molar-refractivity contribution is -0.127. The Morgan fingerprint density at radius 1 is 1.28 bits per heavy atom. The van der Waals surface area contributed by atoms with Gasteiger partial charge in [0.05, 0.1) is 10.7 Å². The Morgan fingerprint density at radius 3 is 2.75 bits per heavy atom. The number of nitrogens with one attached hydrogen (secondary N) is 2. The van der Waals surface area contributed by atoms with E-state index >= 15 is 0 Å². The quantitative estimate of drug-likeness (QED) is 0.228. The summed E-state index contributed by atoms with van der Waals surface area (Å²) in [5.74, 6) is -0.0150. The van der Waals surface area contributed by atoms with Crippen LogP contribution in [0.5, 0.6) is 11.5 Å². The van der Waals surface area contributed by atoms with Gasteiger partial charge in [-0.1, -0.05) is 24.8 Å². The Bertz CT molecular complexity index is 1110. The molecular weight excluding hydrogens is 525 g/mol. The summed E-state index contributed by atoms with van der Waals surface area (Å²) < 4.78 is 11.8. The number of rotatable bonds is 8. The van der Waals surface area contributed by atoms with Crippen molar-refractivity contribution in [3.63, 3.8) is 0 Å². The van der Waals surface area contributed by atoms with Crippen LogP contribution in [-0.4, -0.2) is 43.0 Å². The molecule has 0 spiro atoms. The molecule has 2 N–H and O–H groups in total. The van der Waals surface area contributed by atoms with Crippen LogP contribution in [0.1, 0.15) is 11.1 Å². The highest BCUT2D eigenvalue weighted by Gasteiger charge is 2.35. The highest BCUT2D eigenvalue weighted by atomic mass is 127. The molecule has 1 saturated heterocycles. The molecule has 2 aromatic rings. The molecule has 1 aliphatic heterocycles. The van der Waals surface area contributed by atoms with Crippen molar-refractivity contribution >= 4 is 52.2 Å². The molecule has 3 rings (SSSR count). The highest BCUT2D eigenvalue weighted by Crippen LogP contribution is 2.34. The molecule has 9 heteroatoms. The van der Waals surface area contributed by atoms with E-state index in [9.17, 15) is 14.4 Å². The molecule has 8 nitrogen and oxygen atoms in total. The standard InChI is InChI=1S/C23H22IN3O5/c1-4-8-32-21-17(24)10-15(12-19(21)31-3)11-18-22(29)27(23(30)26-18)13-20(28)25-16-7-5-6-14(2)9-16/h4-7,9-12H,1,8,13H2,2-3H3,(H,25,28)(H,26,30)/b18-11-. The first kappa shape index (κ1) is 23.3. The second-order valence-electron chi connectivity index (χ2n) is 6.93. The first-order valence-corrected chi connectivity index (χ1v) is 10.7. The molecule has 0 saturated carbocycles. The summed E-state index contributed by atoms with van der Waals surface area (Å²) >= 11 is 2.10. The van der Waals surface area contributed by atoms with Crippen LogP contribution in [0.3, 0.4) is 0 Å². The number of amides is 4. The molecule has 1 heterocycles. The van der Waals surface area contributed by atoms with Gasteiger partial charge in [0, 0.05) is 5.69 Å². The van der Waals surface area contributed by atoms with Crippen LogP contribution >= 0.6 is 22.6 Å². The first-order valence-electron chi connectivity index (χ1n) is 9.64. The fraction of sp³-hybridized carbons (Fsp3) is 0.174. The van der Waals surface area contributed by atoms with Gasteiger partial charge in [-0.15, -0.1) is 0 Å². The number of hydrogen-bond acceptors (Lipinski definition) is 5. The van der Waals surface area contributed by atoms with Crippen LogP contribution in [0.4, 0.5) is 10.5 Å². The number of carbonyl (C=O) groups excluding carboxylic acids is 3. The molecule has 0 unspecified atom stereocenters. The number of urea groups is 1. The zero-order valence-corrected chi connectivity index (χ0v) is 19.8. The van der Waals surface area contributed by atoms with E-state index in [0.717, 1.165) is 14.0 Å². The van der Waals surface area contributed by atoms with Crippen LogP contribution in [0, 0.1) is 10.5 Å². The largest absolute Gasteiger partial charge is 0.493 e. The van der Waals surface area contributed by atoms with Crippen molar-refractivity contribution in [2.75, 3.05) is 25.6 Å². The number of aryl methyl sites for hydroxylation is 1. The van der Waals surface area contributed by atoms with Crippen LogP contribution < -0.4 is 20.1 Å². The normalized spacial score (nSPS) is 14.3. The Balaban J connectivity index is 1.75. The number of ether oxygens (including phenoxy) is 2. The van der Waals surface area contributed by atoms with Crippen molar-refractivity contribution in [3.8, 4) is 11.5 Å². The van der Waals surface area contributed by atoms with Crippen molar-refractivity contribution in [1.29, 1.82) is 0 Å². The first-order chi connectivity index (χ1) is 15.3. The molecule has 2 aromatic carbocycles. The molecule has 1 fully saturated rings. The highest BCUT2D eigenvalue weighted by molar-refractivity contribution is 14.1. The maximum atomic E-state index is 12.7. The van der Waals surface area contributed by atoms with Gasteiger partial charge in [-0.25, -0.2) is 9.69 Å². The third-order valence-electron chi connectivity index (χ3n) is 4.47. The Morgan fingerprint density at radius 2 is 2.06 bits per heavy atom. The Kier molecular flexibility index (Phi) is 7.52. The zero-order valence-electron chi connectivity index (χ0n) is 17.6. The molecule has 0 radical (unpaired) electrons. The van der Waals surface area contributed by atoms with Gasteiger partial charge in [0.25, 0.3) is 5.91 Å². The number of anilines is 1. The minimum absolute atomic E-state index is 0.0657. The van der Waals surface area contributed by atoms with E-state index in [1.807, 2.05) is 19.1 Å². The monoisotopic (exact) mass is 547 g/mol. The zero-order chi connectivity index (χ0) is 23.3. The molecule has 4 amide bonds. The lowest BCUT2D eigenvalue weighted by atomic mass is 10.1. The van der Waals surface area contributed by atoms with Crippen LogP contribution in [0.15, 0.2) is 54.8 Å². The van der Waals surface area contributed by atoms with Gasteiger partial charge in [0.15, 0.2) is 11.5 Å². The van der Waals surface area contributed by atoms with Gasteiger partial charge < -0.3 is 20.1 Å². The van der Waals surface area contributed by atoms with Crippen molar-refractivity contribution in [2.45, 2.75) is 6.92 Å². The van der Waals surface area contributed by atoms with E-state index in [0.29, 0.717) is 29.4 Å². The summed E-state index contributed by atoms with van der Waals surface area (Å²) in [6.45, 7) is 5.45. The Labute approximate surface area is 199 Å². The summed E-state index contributed by atoms with van der Waals surface area (Å²) in [5, 5.41) is 5.21. The predicted octanol–water partition coefficient (Wildman–Crippen LogP) is 3.70. The van der Waals surface area contributed by atoms with E-state index < -0.39 is 24.4 Å². The number of carbonyl (C=O) groups is 3. The van der Waals surface area contributed by atoms with Crippen molar-refractivity contribution in [1.82, 2.24) is 10.2 Å².